The Hall–Kier alpha value is -3.48. The van der Waals surface area contributed by atoms with Crippen LogP contribution in [0, 0.1) is 20.8 Å². The van der Waals surface area contributed by atoms with Crippen molar-refractivity contribution in [3.8, 4) is 34.3 Å². The lowest BCUT2D eigenvalue weighted by atomic mass is 9.94. The van der Waals surface area contributed by atoms with Crippen LogP contribution in [0.15, 0.2) is 10.5 Å². The first-order valence-corrected chi connectivity index (χ1v) is 8.46. The van der Waals surface area contributed by atoms with E-state index in [1.807, 2.05) is 0 Å². The number of benzene rings is 2. The Balaban J connectivity index is 2.49. The molecule has 28 heavy (non-hydrogen) atoms. The van der Waals surface area contributed by atoms with E-state index in [-0.39, 0.29) is 39.7 Å². The molecule has 2 N–H and O–H groups in total. The van der Waals surface area contributed by atoms with Gasteiger partial charge < -0.3 is 24.1 Å². The molecule has 0 aliphatic rings. The third-order valence-corrected chi connectivity index (χ3v) is 5.03. The fourth-order valence-corrected chi connectivity index (χ4v) is 3.59. The Morgan fingerprint density at radius 2 is 1.46 bits per heavy atom. The van der Waals surface area contributed by atoms with Gasteiger partial charge in [-0.2, -0.15) is 0 Å². The van der Waals surface area contributed by atoms with Crippen molar-refractivity contribution in [1.82, 2.24) is 0 Å². The summed E-state index contributed by atoms with van der Waals surface area (Å²) in [5.41, 5.74) is 2.16. The summed E-state index contributed by atoms with van der Waals surface area (Å²) in [4.78, 5) is 23.4. The van der Waals surface area contributed by atoms with E-state index in [1.54, 1.807) is 26.8 Å². The van der Waals surface area contributed by atoms with Crippen molar-refractivity contribution in [2.24, 2.45) is 0 Å². The predicted octanol–water partition coefficient (Wildman–Crippen LogP) is 4.08. The number of ether oxygens (including phenoxy) is 2. The average molecular weight is 384 g/mol. The maximum Gasteiger partial charge on any atom is 0.204 e. The fraction of sp³-hybridized carbons (Fsp3) is 0.238. The minimum absolute atomic E-state index is 0.0439. The molecule has 0 atom stereocenters. The Bertz CT molecular complexity index is 1120. The molecule has 1 heterocycles. The maximum atomic E-state index is 11.7. The summed E-state index contributed by atoms with van der Waals surface area (Å²) in [5, 5.41) is 21.2. The van der Waals surface area contributed by atoms with E-state index in [9.17, 15) is 19.8 Å². The summed E-state index contributed by atoms with van der Waals surface area (Å²) in [6.07, 6.45) is 1.16. The fourth-order valence-electron chi connectivity index (χ4n) is 3.59. The van der Waals surface area contributed by atoms with Crippen LogP contribution in [0.4, 0.5) is 0 Å². The van der Waals surface area contributed by atoms with E-state index < -0.39 is 0 Å². The average Bonchev–Trinajstić information content (AvgIpc) is 3.10. The van der Waals surface area contributed by atoms with Gasteiger partial charge in [0, 0.05) is 33.2 Å². The largest absolute Gasteiger partial charge is 0.507 e. The molecule has 0 saturated heterocycles. The van der Waals surface area contributed by atoms with E-state index in [2.05, 4.69) is 0 Å². The van der Waals surface area contributed by atoms with E-state index in [0.717, 1.165) is 0 Å². The second-order valence-electron chi connectivity index (χ2n) is 6.43. The molecule has 2 aromatic carbocycles. The highest BCUT2D eigenvalue weighted by atomic mass is 16.5. The highest BCUT2D eigenvalue weighted by molar-refractivity contribution is 6.05. The van der Waals surface area contributed by atoms with Gasteiger partial charge >= 0.3 is 0 Å². The van der Waals surface area contributed by atoms with E-state index >= 15 is 0 Å². The van der Waals surface area contributed by atoms with Gasteiger partial charge in [0.25, 0.3) is 0 Å². The maximum absolute atomic E-state index is 11.7. The minimum Gasteiger partial charge on any atom is -0.507 e. The van der Waals surface area contributed by atoms with Crippen molar-refractivity contribution in [2.75, 3.05) is 14.2 Å². The lowest BCUT2D eigenvalue weighted by Gasteiger charge is -2.16. The van der Waals surface area contributed by atoms with Crippen LogP contribution in [0.1, 0.15) is 37.4 Å². The van der Waals surface area contributed by atoms with Crippen molar-refractivity contribution in [2.45, 2.75) is 20.8 Å². The monoisotopic (exact) mass is 384 g/mol. The summed E-state index contributed by atoms with van der Waals surface area (Å²) < 4.78 is 16.5. The molecule has 0 unspecified atom stereocenters. The number of hydrogen-bond acceptors (Lipinski definition) is 7. The van der Waals surface area contributed by atoms with E-state index in [0.29, 0.717) is 46.0 Å². The first-order chi connectivity index (χ1) is 13.3. The molecule has 1 aromatic heterocycles. The number of rotatable bonds is 5. The normalized spacial score (nSPS) is 10.9. The predicted molar refractivity (Wildman–Crippen MR) is 103 cm³/mol. The molecule has 0 radical (unpaired) electrons. The van der Waals surface area contributed by atoms with Crippen LogP contribution in [0.2, 0.25) is 0 Å². The van der Waals surface area contributed by atoms with E-state index in [4.69, 9.17) is 13.9 Å². The van der Waals surface area contributed by atoms with Crippen LogP contribution in [0.25, 0.3) is 22.3 Å². The summed E-state index contributed by atoms with van der Waals surface area (Å²) in [7, 11) is 2.84. The molecule has 0 saturated carbocycles. The zero-order chi connectivity index (χ0) is 20.7. The van der Waals surface area contributed by atoms with Gasteiger partial charge in [-0.1, -0.05) is 0 Å². The highest BCUT2D eigenvalue weighted by Crippen LogP contribution is 2.47. The summed E-state index contributed by atoms with van der Waals surface area (Å²) in [5.74, 6) is 0.317. The third-order valence-electron chi connectivity index (χ3n) is 5.03. The topological polar surface area (TPSA) is 106 Å². The van der Waals surface area contributed by atoms with Crippen LogP contribution >= 0.6 is 0 Å². The van der Waals surface area contributed by atoms with Crippen molar-refractivity contribution in [3.05, 3.63) is 33.9 Å². The number of aromatic hydroxyl groups is 2. The first-order valence-electron chi connectivity index (χ1n) is 8.46. The van der Waals surface area contributed by atoms with Crippen molar-refractivity contribution < 1.29 is 33.7 Å². The molecule has 0 spiro atoms. The number of phenols is 2. The molecular formula is C21H20O7. The second kappa shape index (κ2) is 6.92. The highest BCUT2D eigenvalue weighted by Gasteiger charge is 2.26. The lowest BCUT2D eigenvalue weighted by Crippen LogP contribution is -1.99. The quantitative estimate of drug-likeness (QED) is 0.638. The molecular weight excluding hydrogens is 364 g/mol. The molecule has 7 heteroatoms. The standard InChI is InChI=1S/C21H20O7/c1-9-13(7-22)12-6-15(28-20(12)21(27-5)18(9)25)16-10(2)19(26-4)11(3)17(24)14(16)8-23/h6-8,24-25H,1-5H3. The molecule has 0 aliphatic carbocycles. The summed E-state index contributed by atoms with van der Waals surface area (Å²) >= 11 is 0. The van der Waals surface area contributed by atoms with Gasteiger partial charge in [0.05, 0.1) is 19.8 Å². The van der Waals surface area contributed by atoms with Gasteiger partial charge in [-0.25, -0.2) is 0 Å². The number of aldehydes is 2. The molecule has 0 fully saturated rings. The molecule has 3 rings (SSSR count). The molecule has 7 nitrogen and oxygen atoms in total. The zero-order valence-electron chi connectivity index (χ0n) is 16.2. The Kier molecular flexibility index (Phi) is 4.77. The minimum atomic E-state index is -0.213. The molecule has 3 aromatic rings. The summed E-state index contributed by atoms with van der Waals surface area (Å²) in [6, 6.07) is 1.58. The van der Waals surface area contributed by atoms with Gasteiger partial charge in [-0.3, -0.25) is 9.59 Å². The number of fused-ring (bicyclic) bond motifs is 1. The number of carbonyl (C=O) groups excluding carboxylic acids is 2. The molecule has 0 aliphatic heterocycles. The van der Waals surface area contributed by atoms with Crippen LogP contribution in [-0.4, -0.2) is 37.0 Å². The lowest BCUT2D eigenvalue weighted by molar-refractivity contribution is 0.111. The van der Waals surface area contributed by atoms with Crippen LogP contribution in [0.3, 0.4) is 0 Å². The van der Waals surface area contributed by atoms with Gasteiger partial charge in [0.15, 0.2) is 23.9 Å². The van der Waals surface area contributed by atoms with Gasteiger partial charge in [-0.15, -0.1) is 0 Å². The Morgan fingerprint density at radius 3 is 2.00 bits per heavy atom. The number of hydrogen-bond donors (Lipinski definition) is 2. The van der Waals surface area contributed by atoms with Crippen LogP contribution in [-0.2, 0) is 0 Å². The summed E-state index contributed by atoms with van der Waals surface area (Å²) in [6.45, 7) is 4.98. The number of phenolic OH excluding ortho intramolecular Hbond substituents is 2. The molecule has 0 bridgehead atoms. The van der Waals surface area contributed by atoms with Gasteiger partial charge in [-0.05, 0) is 26.8 Å². The SMILES string of the molecule is COc1c(C)c(O)c(C=O)c(-c2cc3c(C=O)c(C)c(O)c(OC)c3o2)c1C. The number of carbonyl (C=O) groups is 2. The van der Waals surface area contributed by atoms with Crippen LogP contribution < -0.4 is 9.47 Å². The first kappa shape index (κ1) is 19.3. The zero-order valence-corrected chi connectivity index (χ0v) is 16.2. The third kappa shape index (κ3) is 2.51. The second-order valence-corrected chi connectivity index (χ2v) is 6.43. The van der Waals surface area contributed by atoms with Crippen molar-refractivity contribution in [3.63, 3.8) is 0 Å². The van der Waals surface area contributed by atoms with E-state index in [1.165, 1.54) is 14.2 Å². The molecule has 146 valence electrons. The van der Waals surface area contributed by atoms with Crippen molar-refractivity contribution in [1.29, 1.82) is 0 Å². The number of furan rings is 1. The van der Waals surface area contributed by atoms with Gasteiger partial charge in [0.2, 0.25) is 5.75 Å². The van der Waals surface area contributed by atoms with Crippen LogP contribution in [0.5, 0.6) is 23.0 Å². The Morgan fingerprint density at radius 1 is 0.857 bits per heavy atom. The van der Waals surface area contributed by atoms with Crippen molar-refractivity contribution >= 4 is 23.5 Å². The molecule has 0 amide bonds. The number of methoxy groups -OCH3 is 2. The Labute approximate surface area is 161 Å². The smallest absolute Gasteiger partial charge is 0.204 e. The van der Waals surface area contributed by atoms with Gasteiger partial charge in [0.1, 0.15) is 17.3 Å².